The van der Waals surface area contributed by atoms with Gasteiger partial charge in [-0.15, -0.1) is 0 Å². The summed E-state index contributed by atoms with van der Waals surface area (Å²) in [7, 11) is 0. The number of benzene rings is 1. The number of hydrogen-bond donors (Lipinski definition) is 0. The third-order valence-corrected chi connectivity index (χ3v) is 6.19. The van der Waals surface area contributed by atoms with Crippen LogP contribution in [0.3, 0.4) is 0 Å². The molecule has 0 N–H and O–H groups in total. The summed E-state index contributed by atoms with van der Waals surface area (Å²) in [6.07, 6.45) is 7.14. The molecule has 3 rings (SSSR count). The van der Waals surface area contributed by atoms with Gasteiger partial charge < -0.3 is 14.5 Å². The van der Waals surface area contributed by atoms with Crippen molar-refractivity contribution in [3.8, 4) is 5.75 Å². The van der Waals surface area contributed by atoms with E-state index in [4.69, 9.17) is 4.74 Å². The van der Waals surface area contributed by atoms with Crippen LogP contribution >= 0.6 is 0 Å². The lowest BCUT2D eigenvalue weighted by Crippen LogP contribution is -2.46. The lowest BCUT2D eigenvalue weighted by Gasteiger charge is -2.34. The van der Waals surface area contributed by atoms with E-state index in [-0.39, 0.29) is 17.9 Å². The Hall–Kier alpha value is -2.04. The molecule has 1 aromatic carbocycles. The van der Waals surface area contributed by atoms with Gasteiger partial charge in [0, 0.05) is 25.6 Å². The van der Waals surface area contributed by atoms with Crippen LogP contribution in [0.25, 0.3) is 0 Å². The van der Waals surface area contributed by atoms with Gasteiger partial charge in [-0.1, -0.05) is 38.8 Å². The Kier molecular flexibility index (Phi) is 8.17. The zero-order valence-electron chi connectivity index (χ0n) is 18.9. The molecule has 1 aromatic rings. The topological polar surface area (TPSA) is 49.9 Å². The van der Waals surface area contributed by atoms with Crippen molar-refractivity contribution in [1.82, 2.24) is 9.80 Å². The molecule has 1 aliphatic carbocycles. The van der Waals surface area contributed by atoms with Gasteiger partial charge in [-0.05, 0) is 57.1 Å². The standard InChI is InChI=1S/C25H38N2O3/c1-4-26-15-9-5-6-10-16-27(24(28)20-13-14-20)21(17-19(2)3)18-30-23-12-8-7-11-22(23)25(26)29/h7-8,11-12,19-21H,4-6,9-10,13-18H2,1-3H3/t21-/m0/s1. The molecule has 1 aliphatic heterocycles. The highest BCUT2D eigenvalue weighted by molar-refractivity contribution is 5.96. The molecule has 1 saturated carbocycles. The van der Waals surface area contributed by atoms with E-state index in [1.807, 2.05) is 36.1 Å². The molecule has 5 heteroatoms. The van der Waals surface area contributed by atoms with Crippen LogP contribution in [0.4, 0.5) is 0 Å². The van der Waals surface area contributed by atoms with Crippen LogP contribution in [0.1, 0.15) is 76.1 Å². The minimum atomic E-state index is 0.0384. The fraction of sp³-hybridized carbons (Fsp3) is 0.680. The largest absolute Gasteiger partial charge is 0.491 e. The predicted molar refractivity (Wildman–Crippen MR) is 120 cm³/mol. The molecule has 166 valence electrons. The summed E-state index contributed by atoms with van der Waals surface area (Å²) in [5.74, 6) is 1.66. The summed E-state index contributed by atoms with van der Waals surface area (Å²) >= 11 is 0. The van der Waals surface area contributed by atoms with E-state index < -0.39 is 0 Å². The molecule has 0 bridgehead atoms. The van der Waals surface area contributed by atoms with Crippen molar-refractivity contribution in [2.24, 2.45) is 11.8 Å². The van der Waals surface area contributed by atoms with Crippen LogP contribution in [0, 0.1) is 11.8 Å². The number of carbonyl (C=O) groups is 2. The SMILES string of the molecule is CCN1CCCCCCN(C(=O)C2CC2)[C@@H](CC(C)C)COc2ccccc2C1=O. The second-order valence-electron chi connectivity index (χ2n) is 9.20. The molecule has 1 atom stereocenters. The van der Waals surface area contributed by atoms with E-state index in [2.05, 4.69) is 18.7 Å². The van der Waals surface area contributed by atoms with E-state index in [1.54, 1.807) is 0 Å². The fourth-order valence-corrected chi connectivity index (χ4v) is 4.33. The third-order valence-electron chi connectivity index (χ3n) is 6.19. The molecule has 0 aromatic heterocycles. The normalized spacial score (nSPS) is 21.7. The first kappa shape index (κ1) is 22.6. The molecular formula is C25H38N2O3. The van der Waals surface area contributed by atoms with Crippen LogP contribution in [0.15, 0.2) is 24.3 Å². The highest BCUT2D eigenvalue weighted by Gasteiger charge is 2.36. The first-order chi connectivity index (χ1) is 14.5. The summed E-state index contributed by atoms with van der Waals surface area (Å²) in [6, 6.07) is 7.59. The molecule has 1 heterocycles. The minimum absolute atomic E-state index is 0.0384. The quantitative estimate of drug-likeness (QED) is 0.714. The number of fused-ring (bicyclic) bond motifs is 1. The first-order valence-corrected chi connectivity index (χ1v) is 11.8. The van der Waals surface area contributed by atoms with Gasteiger partial charge in [0.1, 0.15) is 12.4 Å². The second-order valence-corrected chi connectivity index (χ2v) is 9.20. The molecule has 0 unspecified atom stereocenters. The lowest BCUT2D eigenvalue weighted by atomic mass is 10.0. The summed E-state index contributed by atoms with van der Waals surface area (Å²) in [4.78, 5) is 30.3. The highest BCUT2D eigenvalue weighted by Crippen LogP contribution is 2.33. The minimum Gasteiger partial charge on any atom is -0.491 e. The van der Waals surface area contributed by atoms with Crippen molar-refractivity contribution >= 4 is 11.8 Å². The van der Waals surface area contributed by atoms with Gasteiger partial charge >= 0.3 is 0 Å². The molecule has 2 amide bonds. The summed E-state index contributed by atoms with van der Waals surface area (Å²) in [5.41, 5.74) is 0.625. The number of para-hydroxylation sites is 1. The molecule has 5 nitrogen and oxygen atoms in total. The molecule has 1 fully saturated rings. The Balaban J connectivity index is 1.86. The highest BCUT2D eigenvalue weighted by atomic mass is 16.5. The molecule has 30 heavy (non-hydrogen) atoms. The second kappa shape index (κ2) is 10.8. The maximum absolute atomic E-state index is 13.1. The number of hydrogen-bond acceptors (Lipinski definition) is 3. The van der Waals surface area contributed by atoms with Gasteiger partial charge in [0.2, 0.25) is 5.91 Å². The number of carbonyl (C=O) groups excluding carboxylic acids is 2. The van der Waals surface area contributed by atoms with Crippen molar-refractivity contribution in [3.63, 3.8) is 0 Å². The molecular weight excluding hydrogens is 376 g/mol. The number of amides is 2. The Morgan fingerprint density at radius 3 is 2.47 bits per heavy atom. The van der Waals surface area contributed by atoms with Crippen LogP contribution in [-0.2, 0) is 4.79 Å². The number of ether oxygens (including phenoxy) is 1. The van der Waals surface area contributed by atoms with E-state index in [0.29, 0.717) is 36.3 Å². The molecule has 0 spiro atoms. The van der Waals surface area contributed by atoms with Crippen molar-refractivity contribution in [2.75, 3.05) is 26.2 Å². The Labute approximate surface area is 181 Å². The van der Waals surface area contributed by atoms with E-state index >= 15 is 0 Å². The van der Waals surface area contributed by atoms with Crippen LogP contribution < -0.4 is 4.74 Å². The van der Waals surface area contributed by atoms with Crippen LogP contribution in [-0.4, -0.2) is 53.9 Å². The first-order valence-electron chi connectivity index (χ1n) is 11.8. The fourth-order valence-electron chi connectivity index (χ4n) is 4.33. The van der Waals surface area contributed by atoms with Crippen LogP contribution in [0.5, 0.6) is 5.75 Å². The predicted octanol–water partition coefficient (Wildman–Crippen LogP) is 4.75. The van der Waals surface area contributed by atoms with Gasteiger partial charge in [0.15, 0.2) is 0 Å². The van der Waals surface area contributed by atoms with Crippen molar-refractivity contribution in [3.05, 3.63) is 29.8 Å². The summed E-state index contributed by atoms with van der Waals surface area (Å²) in [5, 5.41) is 0. The Morgan fingerprint density at radius 2 is 1.80 bits per heavy atom. The Bertz CT molecular complexity index is 714. The van der Waals surface area contributed by atoms with E-state index in [1.165, 1.54) is 0 Å². The maximum atomic E-state index is 13.1. The summed E-state index contributed by atoms with van der Waals surface area (Å²) in [6.45, 7) is 9.15. The average molecular weight is 415 g/mol. The van der Waals surface area contributed by atoms with Gasteiger partial charge in [0.25, 0.3) is 5.91 Å². The van der Waals surface area contributed by atoms with Crippen molar-refractivity contribution < 1.29 is 14.3 Å². The lowest BCUT2D eigenvalue weighted by molar-refractivity contribution is -0.136. The van der Waals surface area contributed by atoms with Crippen molar-refractivity contribution in [2.45, 2.75) is 71.8 Å². The third kappa shape index (κ3) is 5.99. The van der Waals surface area contributed by atoms with Crippen LogP contribution in [0.2, 0.25) is 0 Å². The average Bonchev–Trinajstić information content (AvgIpc) is 3.57. The van der Waals surface area contributed by atoms with Crippen molar-refractivity contribution in [1.29, 1.82) is 0 Å². The van der Waals surface area contributed by atoms with Gasteiger partial charge in [-0.2, -0.15) is 0 Å². The molecule has 2 aliphatic rings. The van der Waals surface area contributed by atoms with Gasteiger partial charge in [-0.3, -0.25) is 9.59 Å². The Morgan fingerprint density at radius 1 is 1.10 bits per heavy atom. The summed E-state index contributed by atoms with van der Waals surface area (Å²) < 4.78 is 6.25. The number of nitrogens with zero attached hydrogens (tertiary/aromatic N) is 2. The smallest absolute Gasteiger partial charge is 0.257 e. The van der Waals surface area contributed by atoms with Gasteiger partial charge in [-0.25, -0.2) is 0 Å². The monoisotopic (exact) mass is 414 g/mol. The molecule has 0 radical (unpaired) electrons. The van der Waals surface area contributed by atoms with Gasteiger partial charge in [0.05, 0.1) is 11.6 Å². The number of rotatable bonds is 4. The van der Waals surface area contributed by atoms with E-state index in [9.17, 15) is 9.59 Å². The zero-order valence-corrected chi connectivity index (χ0v) is 18.9. The molecule has 0 saturated heterocycles. The maximum Gasteiger partial charge on any atom is 0.257 e. The zero-order chi connectivity index (χ0) is 21.5. The van der Waals surface area contributed by atoms with E-state index in [0.717, 1.165) is 58.0 Å².